The number of hydrogen-bond acceptors (Lipinski definition) is 2. The standard InChI is InChI=1S/C23H27N2P/c1-24(2)18-19-25(3)22-16-10-11-17-23(22)26(20-12-6-4-7-13-20)21-14-8-5-9-15-21/h4-17H,18-19H2,1-3H3. The second-order valence-corrected chi connectivity index (χ2v) is 8.91. The van der Waals surface area contributed by atoms with Gasteiger partial charge in [0.2, 0.25) is 0 Å². The highest BCUT2D eigenvalue weighted by Gasteiger charge is 2.20. The number of hydrogen-bond donors (Lipinski definition) is 0. The molecule has 3 aromatic carbocycles. The smallest absolute Gasteiger partial charge is 0.0448 e. The minimum Gasteiger partial charge on any atom is -0.373 e. The highest BCUT2D eigenvalue weighted by molar-refractivity contribution is 7.80. The zero-order chi connectivity index (χ0) is 18.4. The summed E-state index contributed by atoms with van der Waals surface area (Å²) in [7, 11) is 5.87. The molecule has 0 saturated heterocycles. The second kappa shape index (κ2) is 8.98. The van der Waals surface area contributed by atoms with E-state index in [0.29, 0.717) is 0 Å². The molecule has 0 N–H and O–H groups in total. The molecule has 0 fully saturated rings. The van der Waals surface area contributed by atoms with Crippen LogP contribution in [-0.2, 0) is 0 Å². The molecule has 3 heteroatoms. The number of anilines is 1. The Labute approximate surface area is 158 Å². The van der Waals surface area contributed by atoms with Crippen LogP contribution in [0.4, 0.5) is 5.69 Å². The first kappa shape index (κ1) is 18.6. The van der Waals surface area contributed by atoms with Gasteiger partial charge in [-0.2, -0.15) is 0 Å². The Morgan fingerprint density at radius 2 is 1.12 bits per heavy atom. The Balaban J connectivity index is 2.05. The predicted molar refractivity (Wildman–Crippen MR) is 117 cm³/mol. The largest absolute Gasteiger partial charge is 0.373 e. The summed E-state index contributed by atoms with van der Waals surface area (Å²) in [5.74, 6) is 0. The Morgan fingerprint density at radius 3 is 1.65 bits per heavy atom. The van der Waals surface area contributed by atoms with Crippen LogP contribution in [0.2, 0.25) is 0 Å². The molecule has 0 unspecified atom stereocenters. The van der Waals surface area contributed by atoms with Crippen molar-refractivity contribution in [1.29, 1.82) is 0 Å². The van der Waals surface area contributed by atoms with Crippen molar-refractivity contribution in [2.24, 2.45) is 0 Å². The van der Waals surface area contributed by atoms with E-state index in [0.717, 1.165) is 13.1 Å². The summed E-state index contributed by atoms with van der Waals surface area (Å²) >= 11 is 0. The SMILES string of the molecule is CN(C)CCN(C)c1ccccc1P(c1ccccc1)c1ccccc1. The van der Waals surface area contributed by atoms with Crippen molar-refractivity contribution in [3.8, 4) is 0 Å². The van der Waals surface area contributed by atoms with E-state index in [1.54, 1.807) is 0 Å². The molecule has 2 nitrogen and oxygen atoms in total. The van der Waals surface area contributed by atoms with E-state index in [2.05, 4.69) is 116 Å². The molecule has 0 aliphatic rings. The van der Waals surface area contributed by atoms with E-state index in [-0.39, 0.29) is 0 Å². The molecule has 0 amide bonds. The number of para-hydroxylation sites is 1. The number of likely N-dealkylation sites (N-methyl/N-ethyl adjacent to an activating group) is 2. The van der Waals surface area contributed by atoms with Crippen LogP contribution in [0.25, 0.3) is 0 Å². The van der Waals surface area contributed by atoms with Crippen LogP contribution in [0.5, 0.6) is 0 Å². The van der Waals surface area contributed by atoms with Crippen molar-refractivity contribution in [3.63, 3.8) is 0 Å². The molecule has 0 bridgehead atoms. The molecule has 3 rings (SSSR count). The van der Waals surface area contributed by atoms with Gasteiger partial charge < -0.3 is 9.80 Å². The van der Waals surface area contributed by atoms with Crippen LogP contribution in [0.3, 0.4) is 0 Å². The molecule has 0 radical (unpaired) electrons. The zero-order valence-corrected chi connectivity index (χ0v) is 16.7. The molecular weight excluding hydrogens is 335 g/mol. The second-order valence-electron chi connectivity index (χ2n) is 6.72. The molecule has 0 spiro atoms. The third kappa shape index (κ3) is 4.52. The predicted octanol–water partition coefficient (Wildman–Crippen LogP) is 3.44. The van der Waals surface area contributed by atoms with E-state index in [1.165, 1.54) is 21.6 Å². The number of rotatable bonds is 7. The van der Waals surface area contributed by atoms with Gasteiger partial charge in [0, 0.05) is 31.1 Å². The van der Waals surface area contributed by atoms with Gasteiger partial charge in [-0.3, -0.25) is 0 Å². The van der Waals surface area contributed by atoms with E-state index in [9.17, 15) is 0 Å². The van der Waals surface area contributed by atoms with Gasteiger partial charge in [0.1, 0.15) is 0 Å². The summed E-state index contributed by atoms with van der Waals surface area (Å²) in [5, 5.41) is 4.20. The first-order chi connectivity index (χ1) is 12.7. The topological polar surface area (TPSA) is 6.48 Å². The van der Waals surface area contributed by atoms with Gasteiger partial charge in [0.15, 0.2) is 0 Å². The van der Waals surface area contributed by atoms with Crippen molar-refractivity contribution in [2.75, 3.05) is 39.1 Å². The zero-order valence-electron chi connectivity index (χ0n) is 15.8. The van der Waals surface area contributed by atoms with Gasteiger partial charge in [-0.05, 0) is 38.7 Å². The summed E-state index contributed by atoms with van der Waals surface area (Å²) in [5.41, 5.74) is 1.33. The van der Waals surface area contributed by atoms with Gasteiger partial charge in [0.05, 0.1) is 0 Å². The van der Waals surface area contributed by atoms with Crippen LogP contribution in [0.15, 0.2) is 84.9 Å². The van der Waals surface area contributed by atoms with Crippen LogP contribution >= 0.6 is 7.92 Å². The maximum absolute atomic E-state index is 2.39. The maximum Gasteiger partial charge on any atom is 0.0448 e. The van der Waals surface area contributed by atoms with Gasteiger partial charge in [-0.15, -0.1) is 0 Å². The third-order valence-corrected chi connectivity index (χ3v) is 6.93. The average Bonchev–Trinajstić information content (AvgIpc) is 2.68. The molecule has 0 aliphatic heterocycles. The van der Waals surface area contributed by atoms with E-state index < -0.39 is 7.92 Å². The summed E-state index contributed by atoms with van der Waals surface area (Å²) in [6, 6.07) is 30.7. The lowest BCUT2D eigenvalue weighted by atomic mass is 10.3. The van der Waals surface area contributed by atoms with Crippen LogP contribution < -0.4 is 20.8 Å². The highest BCUT2D eigenvalue weighted by atomic mass is 31.1. The van der Waals surface area contributed by atoms with E-state index >= 15 is 0 Å². The van der Waals surface area contributed by atoms with Crippen molar-refractivity contribution in [1.82, 2.24) is 4.90 Å². The van der Waals surface area contributed by atoms with Crippen molar-refractivity contribution in [2.45, 2.75) is 0 Å². The van der Waals surface area contributed by atoms with Gasteiger partial charge in [-0.1, -0.05) is 78.9 Å². The fraction of sp³-hybridized carbons (Fsp3) is 0.217. The van der Waals surface area contributed by atoms with Crippen LogP contribution in [0, 0.1) is 0 Å². The fourth-order valence-electron chi connectivity index (χ4n) is 3.03. The summed E-state index contributed by atoms with van der Waals surface area (Å²) in [6.07, 6.45) is 0. The molecular formula is C23H27N2P. The Hall–Kier alpha value is -2.15. The molecule has 26 heavy (non-hydrogen) atoms. The molecule has 0 aromatic heterocycles. The Morgan fingerprint density at radius 1 is 0.615 bits per heavy atom. The van der Waals surface area contributed by atoms with E-state index in [1.807, 2.05) is 0 Å². The average molecular weight is 362 g/mol. The third-order valence-electron chi connectivity index (χ3n) is 4.45. The van der Waals surface area contributed by atoms with Crippen molar-refractivity contribution >= 4 is 29.5 Å². The monoisotopic (exact) mass is 362 g/mol. The molecule has 134 valence electrons. The molecule has 0 atom stereocenters. The highest BCUT2D eigenvalue weighted by Crippen LogP contribution is 2.36. The lowest BCUT2D eigenvalue weighted by molar-refractivity contribution is 0.416. The van der Waals surface area contributed by atoms with Gasteiger partial charge in [0.25, 0.3) is 0 Å². The number of nitrogens with zero attached hydrogens (tertiary/aromatic N) is 2. The van der Waals surface area contributed by atoms with Gasteiger partial charge in [-0.25, -0.2) is 0 Å². The van der Waals surface area contributed by atoms with Crippen molar-refractivity contribution in [3.05, 3.63) is 84.9 Å². The van der Waals surface area contributed by atoms with E-state index in [4.69, 9.17) is 0 Å². The van der Waals surface area contributed by atoms with Crippen LogP contribution in [-0.4, -0.2) is 39.1 Å². The lowest BCUT2D eigenvalue weighted by Crippen LogP contribution is -2.32. The molecule has 3 aromatic rings. The molecule has 0 saturated carbocycles. The quantitative estimate of drug-likeness (QED) is 0.594. The van der Waals surface area contributed by atoms with Crippen LogP contribution in [0.1, 0.15) is 0 Å². The molecule has 0 heterocycles. The number of benzene rings is 3. The maximum atomic E-state index is 2.39. The van der Waals surface area contributed by atoms with Gasteiger partial charge >= 0.3 is 0 Å². The normalized spacial score (nSPS) is 11.1. The summed E-state index contributed by atoms with van der Waals surface area (Å²) in [6.45, 7) is 2.05. The Kier molecular flexibility index (Phi) is 6.44. The van der Waals surface area contributed by atoms with Crippen molar-refractivity contribution < 1.29 is 0 Å². The molecule has 0 aliphatic carbocycles. The first-order valence-electron chi connectivity index (χ1n) is 9.02. The summed E-state index contributed by atoms with van der Waals surface area (Å²) in [4.78, 5) is 4.62. The minimum atomic E-state index is -0.581. The Bertz CT molecular complexity index is 763. The first-order valence-corrected chi connectivity index (χ1v) is 10.4. The minimum absolute atomic E-state index is 0.581. The fourth-order valence-corrected chi connectivity index (χ4v) is 5.53. The summed E-state index contributed by atoms with van der Waals surface area (Å²) < 4.78 is 0. The lowest BCUT2D eigenvalue weighted by Gasteiger charge is -2.28.